The van der Waals surface area contributed by atoms with Crippen molar-refractivity contribution >= 4 is 71.0 Å². The number of esters is 6. The normalized spacial score (nSPS) is 16.4. The van der Waals surface area contributed by atoms with Crippen molar-refractivity contribution in [3.63, 3.8) is 0 Å². The molecule has 5 rings (SSSR count). The smallest absolute Gasteiger partial charge is 0.320 e. The van der Waals surface area contributed by atoms with E-state index in [0.29, 0.717) is 35.7 Å². The number of anilines is 1. The molecule has 0 spiro atoms. The van der Waals surface area contributed by atoms with E-state index in [4.69, 9.17) is 28.4 Å². The van der Waals surface area contributed by atoms with E-state index < -0.39 is 106 Å². The second kappa shape index (κ2) is 38.6. The first-order chi connectivity index (χ1) is 47.6. The summed E-state index contributed by atoms with van der Waals surface area (Å²) in [6.07, 6.45) is 1.88. The van der Waals surface area contributed by atoms with E-state index in [-0.39, 0.29) is 143 Å². The quantitative estimate of drug-likeness (QED) is 0.0350. The molecule has 3 atom stereocenters. The molecule has 2 aromatic carbocycles. The average Bonchev–Trinajstić information content (AvgIpc) is 1.60. The highest BCUT2D eigenvalue weighted by Gasteiger charge is 2.35. The SMILES string of the molecule is COC(=O)C[C@@H]1Nc2ccc(C(=O)N(Cc3ccccc3)Cc3ncc[nH]3)cc2CN(CCCNC(=O)[C@H](CCC(=O)OC(C)(C)C)NC(=O)[C@H](CCC(=O)OC(C)(C)C)NC(=O)CN2CCN(CC(=O)OC(C)(C)C)CCN(CC(=O)OC(C)(C)C)CCN(CC(=O)OC(C)(C)C)CC2)C1=O. The highest BCUT2D eigenvalue weighted by Crippen LogP contribution is 2.28. The summed E-state index contributed by atoms with van der Waals surface area (Å²) in [6.45, 7) is 27.7. The number of fused-ring (bicyclic) bond motifs is 1. The number of methoxy groups -OCH3 is 1. The second-order valence-electron chi connectivity index (χ2n) is 30.7. The Morgan fingerprint density at radius 2 is 1.03 bits per heavy atom. The summed E-state index contributed by atoms with van der Waals surface area (Å²) in [6, 6.07) is 10.6. The fraction of sp³-hybridized carbons (Fsp3) is 0.644. The molecule has 1 aromatic heterocycles. The van der Waals surface area contributed by atoms with Gasteiger partial charge in [-0.05, 0) is 152 Å². The van der Waals surface area contributed by atoms with Crippen molar-refractivity contribution in [3.05, 3.63) is 83.4 Å². The standard InChI is InChI=1S/C73H112N12O17/c1-69(2,3)98-59(87)27-25-54(65(93)76-29-20-32-84-44-52-41-51(23-24-53(52)77-56(68(84)96)42-61(89)97-16)67(95)85(45-57-74-30-31-75-57)43-50-21-18-17-19-22-50)79-66(94)55(26-28-60(88)99-70(4,5)6)78-58(86)46-80-33-35-81(47-62(90)100-71(7,8)9)37-39-83(49-64(92)102-73(13,14)15)40-38-82(36-34-80)48-63(91)101-72(10,11)12/h17-19,21-24,30-31,41,54-56,77H,20,25-29,32-40,42-49H2,1-16H3,(H,74,75)(H,76,93)(H,78,86)(H,79,94)/t54-,55-,56-/m0/s1. The highest BCUT2D eigenvalue weighted by molar-refractivity contribution is 5.96. The van der Waals surface area contributed by atoms with Crippen molar-refractivity contribution in [2.24, 2.45) is 0 Å². The molecule has 29 nitrogen and oxygen atoms in total. The van der Waals surface area contributed by atoms with Gasteiger partial charge >= 0.3 is 35.8 Å². The zero-order chi connectivity index (χ0) is 75.8. The van der Waals surface area contributed by atoms with Crippen LogP contribution in [0.1, 0.15) is 170 Å². The molecule has 3 aromatic rings. The third-order valence-corrected chi connectivity index (χ3v) is 15.6. The first-order valence-corrected chi connectivity index (χ1v) is 35.0. The number of hydrogen-bond acceptors (Lipinski definition) is 23. The van der Waals surface area contributed by atoms with Crippen LogP contribution in [0.5, 0.6) is 0 Å². The van der Waals surface area contributed by atoms with E-state index in [1.54, 1.807) is 144 Å². The molecular weight excluding hydrogens is 1320 g/mol. The van der Waals surface area contributed by atoms with E-state index >= 15 is 0 Å². The maximum atomic E-state index is 14.8. The van der Waals surface area contributed by atoms with Crippen molar-refractivity contribution in [3.8, 4) is 0 Å². The van der Waals surface area contributed by atoms with Crippen LogP contribution in [-0.2, 0) is 96.0 Å². The van der Waals surface area contributed by atoms with Crippen LogP contribution < -0.4 is 21.3 Å². The van der Waals surface area contributed by atoms with Gasteiger partial charge in [-0.2, -0.15) is 0 Å². The number of rotatable bonds is 29. The number of hydrogen-bond donors (Lipinski definition) is 5. The average molecular weight is 1430 g/mol. The molecule has 0 saturated carbocycles. The van der Waals surface area contributed by atoms with Gasteiger partial charge in [-0.25, -0.2) is 4.98 Å². The summed E-state index contributed by atoms with van der Waals surface area (Å²) in [5.41, 5.74) is -1.81. The highest BCUT2D eigenvalue weighted by atomic mass is 16.6. The molecule has 102 heavy (non-hydrogen) atoms. The molecule has 0 bridgehead atoms. The number of aromatic nitrogens is 2. The zero-order valence-electron chi connectivity index (χ0n) is 62.8. The molecule has 0 radical (unpaired) electrons. The zero-order valence-corrected chi connectivity index (χ0v) is 62.8. The predicted octanol–water partition coefficient (Wildman–Crippen LogP) is 4.90. The molecule has 1 saturated heterocycles. The maximum Gasteiger partial charge on any atom is 0.320 e. The lowest BCUT2D eigenvalue weighted by atomic mass is 10.1. The number of nitrogens with one attached hydrogen (secondary N) is 5. The lowest BCUT2D eigenvalue weighted by Crippen LogP contribution is -2.55. The Morgan fingerprint density at radius 3 is 1.48 bits per heavy atom. The minimum absolute atomic E-state index is 0.00415. The topological polar surface area (TPSA) is 339 Å². The van der Waals surface area contributed by atoms with Gasteiger partial charge in [0.05, 0.1) is 46.3 Å². The Hall–Kier alpha value is -8.54. The Morgan fingerprint density at radius 1 is 0.569 bits per heavy atom. The van der Waals surface area contributed by atoms with Crippen LogP contribution in [-0.4, -0.2) is 250 Å². The van der Waals surface area contributed by atoms with Crippen LogP contribution in [0, 0.1) is 0 Å². The fourth-order valence-corrected chi connectivity index (χ4v) is 11.1. The van der Waals surface area contributed by atoms with Crippen LogP contribution in [0.25, 0.3) is 0 Å². The molecule has 1 fully saturated rings. The number of imidazole rings is 1. The Bertz CT molecular complexity index is 3250. The number of ether oxygens (including phenoxy) is 6. The molecule has 29 heteroatoms. The van der Waals surface area contributed by atoms with Crippen LogP contribution >= 0.6 is 0 Å². The van der Waals surface area contributed by atoms with E-state index in [0.717, 1.165) is 5.56 Å². The number of H-pyrrole nitrogens is 1. The number of aromatic amines is 1. The Labute approximate surface area is 600 Å². The second-order valence-corrected chi connectivity index (χ2v) is 30.7. The van der Waals surface area contributed by atoms with Gasteiger partial charge in [0.15, 0.2) is 0 Å². The van der Waals surface area contributed by atoms with E-state index in [1.807, 2.05) is 45.0 Å². The van der Waals surface area contributed by atoms with Crippen LogP contribution in [0.15, 0.2) is 60.9 Å². The molecule has 5 N–H and O–H groups in total. The van der Waals surface area contributed by atoms with E-state index in [9.17, 15) is 52.7 Å². The molecule has 3 heterocycles. The van der Waals surface area contributed by atoms with Crippen molar-refractivity contribution in [2.75, 3.05) is 104 Å². The number of carbonyl (C=O) groups excluding carboxylic acids is 11. The van der Waals surface area contributed by atoms with Crippen molar-refractivity contribution < 1.29 is 81.2 Å². The first kappa shape index (κ1) is 84.1. The van der Waals surface area contributed by atoms with Gasteiger partial charge in [-0.3, -0.25) is 72.3 Å². The molecule has 2 aliphatic rings. The molecule has 566 valence electrons. The number of amides is 5. The summed E-state index contributed by atoms with van der Waals surface area (Å²) in [7, 11) is 1.22. The predicted molar refractivity (Wildman–Crippen MR) is 379 cm³/mol. The Kier molecular flexibility index (Phi) is 31.9. The summed E-state index contributed by atoms with van der Waals surface area (Å²) in [4.78, 5) is 170. The van der Waals surface area contributed by atoms with Gasteiger partial charge in [-0.1, -0.05) is 30.3 Å². The fourth-order valence-electron chi connectivity index (χ4n) is 11.1. The van der Waals surface area contributed by atoms with E-state index in [2.05, 4.69) is 31.2 Å². The monoisotopic (exact) mass is 1430 g/mol. The van der Waals surface area contributed by atoms with E-state index in [1.165, 1.54) is 12.0 Å². The van der Waals surface area contributed by atoms with Gasteiger partial charge in [-0.15, -0.1) is 0 Å². The first-order valence-electron chi connectivity index (χ1n) is 35.0. The van der Waals surface area contributed by atoms with Crippen molar-refractivity contribution in [1.82, 2.24) is 55.3 Å². The minimum Gasteiger partial charge on any atom is -0.469 e. The van der Waals surface area contributed by atoms with Gasteiger partial charge < -0.3 is 64.5 Å². The lowest BCUT2D eigenvalue weighted by Gasteiger charge is -2.34. The molecule has 2 aliphatic heterocycles. The summed E-state index contributed by atoms with van der Waals surface area (Å²) < 4.78 is 33.3. The number of nitrogens with zero attached hydrogens (tertiary/aromatic N) is 7. The van der Waals surface area contributed by atoms with Crippen LogP contribution in [0.3, 0.4) is 0 Å². The van der Waals surface area contributed by atoms with Crippen LogP contribution in [0.2, 0.25) is 0 Å². The third-order valence-electron chi connectivity index (χ3n) is 15.6. The number of carbonyl (C=O) groups is 11. The lowest BCUT2D eigenvalue weighted by molar-refractivity contribution is -0.158. The maximum absolute atomic E-state index is 14.8. The largest absolute Gasteiger partial charge is 0.469 e. The molecule has 0 aliphatic carbocycles. The third kappa shape index (κ3) is 32.6. The van der Waals surface area contributed by atoms with Crippen molar-refractivity contribution in [2.45, 2.75) is 208 Å². The van der Waals surface area contributed by atoms with Gasteiger partial charge in [0, 0.05) is 115 Å². The Balaban J connectivity index is 1.40. The summed E-state index contributed by atoms with van der Waals surface area (Å²) >= 11 is 0. The van der Waals surface area contributed by atoms with Gasteiger partial charge in [0.1, 0.15) is 52.0 Å². The number of benzene rings is 2. The van der Waals surface area contributed by atoms with Gasteiger partial charge in [0.2, 0.25) is 23.6 Å². The van der Waals surface area contributed by atoms with Crippen LogP contribution in [0.4, 0.5) is 5.69 Å². The minimum atomic E-state index is -1.46. The summed E-state index contributed by atoms with van der Waals surface area (Å²) in [5, 5.41) is 11.6. The van der Waals surface area contributed by atoms with Gasteiger partial charge in [0.25, 0.3) is 5.91 Å². The molecule has 0 unspecified atom stereocenters. The van der Waals surface area contributed by atoms with Crippen molar-refractivity contribution in [1.29, 1.82) is 0 Å². The summed E-state index contributed by atoms with van der Waals surface area (Å²) in [5.74, 6) is -5.83. The molecule has 5 amide bonds. The molecular formula is C73H112N12O17.